The normalized spacial score (nSPS) is 16.2. The summed E-state index contributed by atoms with van der Waals surface area (Å²) in [6.45, 7) is 10.1. The topological polar surface area (TPSA) is 72.1 Å². The largest absolute Gasteiger partial charge is 0.341 e. The molecule has 1 fully saturated rings. The van der Waals surface area contributed by atoms with Crippen molar-refractivity contribution < 1.29 is 4.79 Å². The number of hydrogen-bond donors (Lipinski definition) is 0. The lowest BCUT2D eigenvalue weighted by atomic mass is 10.3. The maximum absolute atomic E-state index is 12.5. The van der Waals surface area contributed by atoms with Gasteiger partial charge in [-0.2, -0.15) is 5.10 Å². The van der Waals surface area contributed by atoms with Crippen LogP contribution >= 0.6 is 0 Å². The Labute approximate surface area is 148 Å². The van der Waals surface area contributed by atoms with Crippen molar-refractivity contribution in [2.75, 3.05) is 32.7 Å². The zero-order chi connectivity index (χ0) is 17.6. The van der Waals surface area contributed by atoms with Crippen LogP contribution in [0.3, 0.4) is 0 Å². The highest BCUT2D eigenvalue weighted by Gasteiger charge is 2.19. The van der Waals surface area contributed by atoms with Gasteiger partial charge in [-0.3, -0.25) is 14.4 Å². The summed E-state index contributed by atoms with van der Waals surface area (Å²) in [5, 5.41) is 12.1. The van der Waals surface area contributed by atoms with Crippen LogP contribution in [0.15, 0.2) is 18.7 Å². The van der Waals surface area contributed by atoms with E-state index in [4.69, 9.17) is 0 Å². The molecular weight excluding hydrogens is 318 g/mol. The van der Waals surface area contributed by atoms with Gasteiger partial charge in [-0.05, 0) is 32.9 Å². The van der Waals surface area contributed by atoms with Crippen molar-refractivity contribution in [3.05, 3.63) is 30.1 Å². The van der Waals surface area contributed by atoms with E-state index in [1.807, 2.05) is 34.1 Å². The van der Waals surface area contributed by atoms with Crippen LogP contribution in [0, 0.1) is 13.8 Å². The van der Waals surface area contributed by atoms with Crippen LogP contribution in [0.1, 0.15) is 24.2 Å². The molecule has 0 spiro atoms. The summed E-state index contributed by atoms with van der Waals surface area (Å²) in [6, 6.07) is 2.05. The smallest absolute Gasteiger partial charge is 0.224 e. The second-order valence-electron chi connectivity index (χ2n) is 6.68. The minimum Gasteiger partial charge on any atom is -0.341 e. The van der Waals surface area contributed by atoms with Gasteiger partial charge in [-0.25, -0.2) is 0 Å². The molecule has 0 unspecified atom stereocenters. The molecule has 0 bridgehead atoms. The zero-order valence-electron chi connectivity index (χ0n) is 15.1. The fourth-order valence-electron chi connectivity index (χ4n) is 3.30. The standard InChI is InChI=1S/C17H27N7O/c1-15-12-16(2)24(20-15)7-4-17(25)23-6-3-5-21(10-11-23)8-9-22-13-18-19-14-22/h12-14H,3-11H2,1-2H3. The van der Waals surface area contributed by atoms with E-state index in [-0.39, 0.29) is 5.91 Å². The first-order valence-corrected chi connectivity index (χ1v) is 8.95. The molecule has 2 aromatic heterocycles. The van der Waals surface area contributed by atoms with Crippen molar-refractivity contribution in [2.24, 2.45) is 0 Å². The minimum atomic E-state index is 0.230. The van der Waals surface area contributed by atoms with E-state index in [2.05, 4.69) is 20.2 Å². The summed E-state index contributed by atoms with van der Waals surface area (Å²) in [5.41, 5.74) is 2.12. The molecule has 3 rings (SSSR count). The molecule has 0 aliphatic carbocycles. The highest BCUT2D eigenvalue weighted by atomic mass is 16.2. The Morgan fingerprint density at radius 3 is 2.56 bits per heavy atom. The molecule has 8 heteroatoms. The Balaban J connectivity index is 1.43. The van der Waals surface area contributed by atoms with Crippen molar-refractivity contribution in [3.8, 4) is 0 Å². The Morgan fingerprint density at radius 1 is 1.04 bits per heavy atom. The predicted molar refractivity (Wildman–Crippen MR) is 94.0 cm³/mol. The van der Waals surface area contributed by atoms with Crippen LogP contribution in [-0.2, 0) is 17.9 Å². The molecule has 3 heterocycles. The molecule has 1 amide bonds. The van der Waals surface area contributed by atoms with Crippen molar-refractivity contribution >= 4 is 5.91 Å². The first kappa shape index (κ1) is 17.6. The highest BCUT2D eigenvalue weighted by molar-refractivity contribution is 5.76. The SMILES string of the molecule is Cc1cc(C)n(CCC(=O)N2CCCN(CCn3cnnc3)CC2)n1. The lowest BCUT2D eigenvalue weighted by molar-refractivity contribution is -0.131. The first-order valence-electron chi connectivity index (χ1n) is 8.95. The Kier molecular flexibility index (Phi) is 5.80. The monoisotopic (exact) mass is 345 g/mol. The average Bonchev–Trinajstić information content (AvgIpc) is 3.14. The second-order valence-corrected chi connectivity index (χ2v) is 6.68. The van der Waals surface area contributed by atoms with Gasteiger partial charge in [0, 0.05) is 51.4 Å². The molecule has 0 atom stereocenters. The van der Waals surface area contributed by atoms with Gasteiger partial charge in [0.2, 0.25) is 5.91 Å². The molecule has 136 valence electrons. The molecule has 1 aliphatic rings. The first-order chi connectivity index (χ1) is 12.1. The maximum Gasteiger partial charge on any atom is 0.224 e. The fourth-order valence-corrected chi connectivity index (χ4v) is 3.30. The quantitative estimate of drug-likeness (QED) is 0.771. The molecule has 8 nitrogen and oxygen atoms in total. The van der Waals surface area contributed by atoms with E-state index in [1.54, 1.807) is 12.7 Å². The van der Waals surface area contributed by atoms with E-state index in [9.17, 15) is 4.79 Å². The molecular formula is C17H27N7O. The molecule has 1 saturated heterocycles. The summed E-state index contributed by atoms with van der Waals surface area (Å²) in [4.78, 5) is 17.0. The van der Waals surface area contributed by atoms with Crippen LogP contribution in [0.4, 0.5) is 0 Å². The van der Waals surface area contributed by atoms with Crippen molar-refractivity contribution in [2.45, 2.75) is 39.8 Å². The molecule has 0 radical (unpaired) electrons. The summed E-state index contributed by atoms with van der Waals surface area (Å²) in [6.07, 6.45) is 5.02. The van der Waals surface area contributed by atoms with E-state index in [0.717, 1.165) is 57.1 Å². The van der Waals surface area contributed by atoms with Crippen molar-refractivity contribution in [1.29, 1.82) is 0 Å². The summed E-state index contributed by atoms with van der Waals surface area (Å²) >= 11 is 0. The molecule has 0 N–H and O–H groups in total. The van der Waals surface area contributed by atoms with Crippen LogP contribution in [0.25, 0.3) is 0 Å². The number of carbonyl (C=O) groups is 1. The van der Waals surface area contributed by atoms with Gasteiger partial charge in [0.25, 0.3) is 0 Å². The second kappa shape index (κ2) is 8.24. The molecule has 0 aromatic carbocycles. The number of nitrogens with zero attached hydrogens (tertiary/aromatic N) is 7. The third-order valence-corrected chi connectivity index (χ3v) is 4.72. The third kappa shape index (κ3) is 4.88. The van der Waals surface area contributed by atoms with Crippen LogP contribution in [-0.4, -0.2) is 73.0 Å². The van der Waals surface area contributed by atoms with Crippen LogP contribution < -0.4 is 0 Å². The number of carbonyl (C=O) groups excluding carboxylic acids is 1. The Bertz CT molecular complexity index is 679. The lowest BCUT2D eigenvalue weighted by Crippen LogP contribution is -2.36. The van der Waals surface area contributed by atoms with Gasteiger partial charge in [-0.15, -0.1) is 10.2 Å². The van der Waals surface area contributed by atoms with Crippen LogP contribution in [0.2, 0.25) is 0 Å². The van der Waals surface area contributed by atoms with Crippen molar-refractivity contribution in [3.63, 3.8) is 0 Å². The number of hydrogen-bond acceptors (Lipinski definition) is 5. The Hall–Kier alpha value is -2.22. The summed E-state index contributed by atoms with van der Waals surface area (Å²) in [5.74, 6) is 0.230. The number of aromatic nitrogens is 5. The molecule has 0 saturated carbocycles. The number of rotatable bonds is 6. The van der Waals surface area contributed by atoms with Gasteiger partial charge < -0.3 is 9.47 Å². The highest BCUT2D eigenvalue weighted by Crippen LogP contribution is 2.08. The van der Waals surface area contributed by atoms with Gasteiger partial charge in [0.15, 0.2) is 0 Å². The molecule has 1 aliphatic heterocycles. The number of amides is 1. The van der Waals surface area contributed by atoms with Gasteiger partial charge in [0.05, 0.1) is 5.69 Å². The third-order valence-electron chi connectivity index (χ3n) is 4.72. The predicted octanol–water partition coefficient (Wildman–Crippen LogP) is 0.716. The maximum atomic E-state index is 12.5. The fraction of sp³-hybridized carbons (Fsp3) is 0.647. The lowest BCUT2D eigenvalue weighted by Gasteiger charge is -2.22. The zero-order valence-corrected chi connectivity index (χ0v) is 15.1. The van der Waals surface area contributed by atoms with E-state index >= 15 is 0 Å². The number of aryl methyl sites for hydroxylation is 3. The van der Waals surface area contributed by atoms with E-state index in [1.165, 1.54) is 0 Å². The van der Waals surface area contributed by atoms with Crippen LogP contribution in [0.5, 0.6) is 0 Å². The van der Waals surface area contributed by atoms with Crippen molar-refractivity contribution in [1.82, 2.24) is 34.3 Å². The average molecular weight is 345 g/mol. The van der Waals surface area contributed by atoms with E-state index in [0.29, 0.717) is 13.0 Å². The van der Waals surface area contributed by atoms with Gasteiger partial charge in [0.1, 0.15) is 12.7 Å². The molecule has 25 heavy (non-hydrogen) atoms. The summed E-state index contributed by atoms with van der Waals surface area (Å²) < 4.78 is 3.92. The molecule has 2 aromatic rings. The Morgan fingerprint density at radius 2 is 1.84 bits per heavy atom. The summed E-state index contributed by atoms with van der Waals surface area (Å²) in [7, 11) is 0. The van der Waals surface area contributed by atoms with Gasteiger partial charge in [-0.1, -0.05) is 0 Å². The van der Waals surface area contributed by atoms with E-state index < -0.39 is 0 Å². The van der Waals surface area contributed by atoms with Gasteiger partial charge >= 0.3 is 0 Å². The minimum absolute atomic E-state index is 0.230.